The van der Waals surface area contributed by atoms with Crippen LogP contribution in [0.5, 0.6) is 0 Å². The second-order valence-electron chi connectivity index (χ2n) is 13.6. The number of para-hydroxylation sites is 2. The molecule has 0 radical (unpaired) electrons. The SMILES string of the molecule is c1ccc(-c2cccc(-c3c4cccc(-c5cccc6oc7ccccc7c56)c4cc4c(-c5cccc6oc7ccccc7c56)cccc34)c2)cc1. The summed E-state index contributed by atoms with van der Waals surface area (Å²) in [6, 6.07) is 65.1. The molecule has 9 aromatic carbocycles. The fourth-order valence-corrected chi connectivity index (χ4v) is 8.43. The van der Waals surface area contributed by atoms with E-state index >= 15 is 0 Å². The second kappa shape index (κ2) is 11.3. The van der Waals surface area contributed by atoms with E-state index in [4.69, 9.17) is 8.83 Å². The van der Waals surface area contributed by atoms with Crippen LogP contribution in [0.4, 0.5) is 0 Å². The van der Waals surface area contributed by atoms with Crippen molar-refractivity contribution in [1.82, 2.24) is 0 Å². The standard InChI is InChI=1S/C50H30O2/c1-2-13-31(14-3-1)32-15-8-16-33(29-32)48-38-21-9-19-34(36-23-11-27-46-49(36)40-17-4-6-25-44(40)51-46)42(38)30-43-35(20-10-22-39(43)48)37-24-12-28-47-50(37)41-18-5-7-26-45(41)52-47/h1-30H. The van der Waals surface area contributed by atoms with Crippen LogP contribution in [0, 0.1) is 0 Å². The van der Waals surface area contributed by atoms with Crippen molar-refractivity contribution in [2.45, 2.75) is 0 Å². The molecule has 0 saturated heterocycles. The van der Waals surface area contributed by atoms with E-state index < -0.39 is 0 Å². The molecule has 0 fully saturated rings. The Morgan fingerprint density at radius 2 is 0.673 bits per heavy atom. The highest BCUT2D eigenvalue weighted by Gasteiger charge is 2.20. The van der Waals surface area contributed by atoms with E-state index in [1.54, 1.807) is 0 Å². The lowest BCUT2D eigenvalue weighted by Gasteiger charge is -2.18. The molecule has 0 aliphatic heterocycles. The van der Waals surface area contributed by atoms with E-state index in [9.17, 15) is 0 Å². The Balaban J connectivity index is 1.28. The molecule has 2 heterocycles. The fourth-order valence-electron chi connectivity index (χ4n) is 8.43. The van der Waals surface area contributed by atoms with Crippen LogP contribution in [0.1, 0.15) is 0 Å². The van der Waals surface area contributed by atoms with Crippen LogP contribution in [0.15, 0.2) is 191 Å². The van der Waals surface area contributed by atoms with Crippen molar-refractivity contribution >= 4 is 65.4 Å². The van der Waals surface area contributed by atoms with Crippen LogP contribution < -0.4 is 0 Å². The molecule has 0 amide bonds. The summed E-state index contributed by atoms with van der Waals surface area (Å²) in [5.74, 6) is 0. The molecule has 242 valence electrons. The molecule has 2 aromatic heterocycles. The zero-order valence-corrected chi connectivity index (χ0v) is 28.1. The van der Waals surface area contributed by atoms with Gasteiger partial charge in [-0.2, -0.15) is 0 Å². The largest absolute Gasteiger partial charge is 0.456 e. The van der Waals surface area contributed by atoms with E-state index in [1.807, 2.05) is 12.1 Å². The summed E-state index contributed by atoms with van der Waals surface area (Å²) >= 11 is 0. The van der Waals surface area contributed by atoms with Crippen LogP contribution in [0.3, 0.4) is 0 Å². The summed E-state index contributed by atoms with van der Waals surface area (Å²) < 4.78 is 12.8. The van der Waals surface area contributed by atoms with E-state index in [1.165, 1.54) is 54.9 Å². The Kier molecular flexibility index (Phi) is 6.28. The Bertz CT molecular complexity index is 3010. The van der Waals surface area contributed by atoms with Crippen molar-refractivity contribution in [3.63, 3.8) is 0 Å². The van der Waals surface area contributed by atoms with E-state index in [0.717, 1.165) is 55.0 Å². The summed E-state index contributed by atoms with van der Waals surface area (Å²) in [5, 5.41) is 9.35. The van der Waals surface area contributed by atoms with E-state index in [0.29, 0.717) is 0 Å². The molecule has 0 saturated carbocycles. The summed E-state index contributed by atoms with van der Waals surface area (Å²) in [7, 11) is 0. The third-order valence-corrected chi connectivity index (χ3v) is 10.7. The fraction of sp³-hybridized carbons (Fsp3) is 0. The molecule has 11 rings (SSSR count). The van der Waals surface area contributed by atoms with Gasteiger partial charge in [-0.25, -0.2) is 0 Å². The lowest BCUT2D eigenvalue weighted by atomic mass is 9.85. The molecule has 0 aliphatic carbocycles. The zero-order chi connectivity index (χ0) is 34.2. The molecule has 0 spiro atoms. The van der Waals surface area contributed by atoms with Gasteiger partial charge in [0.1, 0.15) is 22.3 Å². The Labute approximate surface area is 299 Å². The van der Waals surface area contributed by atoms with Gasteiger partial charge in [0, 0.05) is 21.5 Å². The minimum absolute atomic E-state index is 0.895. The van der Waals surface area contributed by atoms with Crippen molar-refractivity contribution < 1.29 is 8.83 Å². The van der Waals surface area contributed by atoms with Crippen molar-refractivity contribution in [3.8, 4) is 44.5 Å². The number of hydrogen-bond donors (Lipinski definition) is 0. The molecule has 52 heavy (non-hydrogen) atoms. The third-order valence-electron chi connectivity index (χ3n) is 10.7. The maximum absolute atomic E-state index is 6.38. The molecule has 0 atom stereocenters. The van der Waals surface area contributed by atoms with Gasteiger partial charge in [-0.3, -0.25) is 0 Å². The molecule has 2 heteroatoms. The van der Waals surface area contributed by atoms with Gasteiger partial charge >= 0.3 is 0 Å². The number of hydrogen-bond acceptors (Lipinski definition) is 2. The Hall–Kier alpha value is -6.90. The lowest BCUT2D eigenvalue weighted by molar-refractivity contribution is 0.668. The van der Waals surface area contributed by atoms with Crippen molar-refractivity contribution in [2.75, 3.05) is 0 Å². The van der Waals surface area contributed by atoms with Crippen molar-refractivity contribution in [2.24, 2.45) is 0 Å². The first-order valence-electron chi connectivity index (χ1n) is 17.8. The number of benzene rings is 9. The molecule has 0 unspecified atom stereocenters. The van der Waals surface area contributed by atoms with Crippen molar-refractivity contribution in [3.05, 3.63) is 182 Å². The number of rotatable bonds is 4. The van der Waals surface area contributed by atoms with Gasteiger partial charge in [-0.1, -0.05) is 146 Å². The summed E-state index contributed by atoms with van der Waals surface area (Å²) in [6.07, 6.45) is 0. The average Bonchev–Trinajstić information content (AvgIpc) is 3.79. The Morgan fingerprint density at radius 1 is 0.250 bits per heavy atom. The van der Waals surface area contributed by atoms with Gasteiger partial charge < -0.3 is 8.83 Å². The van der Waals surface area contributed by atoms with Crippen LogP contribution in [-0.2, 0) is 0 Å². The second-order valence-corrected chi connectivity index (χ2v) is 13.6. The minimum atomic E-state index is 0.895. The first-order chi connectivity index (χ1) is 25.8. The van der Waals surface area contributed by atoms with Gasteiger partial charge in [0.25, 0.3) is 0 Å². The highest BCUT2D eigenvalue weighted by Crippen LogP contribution is 2.47. The zero-order valence-electron chi connectivity index (χ0n) is 28.1. The van der Waals surface area contributed by atoms with Crippen molar-refractivity contribution in [1.29, 1.82) is 0 Å². The molecule has 0 bridgehead atoms. The number of furan rings is 2. The van der Waals surface area contributed by atoms with E-state index in [2.05, 4.69) is 170 Å². The quantitative estimate of drug-likeness (QED) is 0.175. The van der Waals surface area contributed by atoms with E-state index in [-0.39, 0.29) is 0 Å². The highest BCUT2D eigenvalue weighted by atomic mass is 16.3. The van der Waals surface area contributed by atoms with Gasteiger partial charge in [-0.05, 0) is 102 Å². The average molecular weight is 663 g/mol. The highest BCUT2D eigenvalue weighted by molar-refractivity contribution is 6.23. The first-order valence-corrected chi connectivity index (χ1v) is 17.8. The van der Waals surface area contributed by atoms with Crippen LogP contribution in [0.25, 0.3) is 110 Å². The monoisotopic (exact) mass is 662 g/mol. The van der Waals surface area contributed by atoms with Crippen LogP contribution in [0.2, 0.25) is 0 Å². The topological polar surface area (TPSA) is 26.3 Å². The first kappa shape index (κ1) is 28.9. The Morgan fingerprint density at radius 3 is 1.27 bits per heavy atom. The van der Waals surface area contributed by atoms with Gasteiger partial charge in [0.05, 0.1) is 0 Å². The predicted molar refractivity (Wildman–Crippen MR) is 218 cm³/mol. The number of fused-ring (bicyclic) bond motifs is 8. The molecule has 0 N–H and O–H groups in total. The van der Waals surface area contributed by atoms with Gasteiger partial charge in [0.15, 0.2) is 0 Å². The molecule has 0 aliphatic rings. The van der Waals surface area contributed by atoms with Crippen LogP contribution in [-0.4, -0.2) is 0 Å². The van der Waals surface area contributed by atoms with Gasteiger partial charge in [0.2, 0.25) is 0 Å². The smallest absolute Gasteiger partial charge is 0.136 e. The maximum atomic E-state index is 6.38. The minimum Gasteiger partial charge on any atom is -0.456 e. The molecule has 2 nitrogen and oxygen atoms in total. The summed E-state index contributed by atoms with van der Waals surface area (Å²) in [4.78, 5) is 0. The third kappa shape index (κ3) is 4.31. The summed E-state index contributed by atoms with van der Waals surface area (Å²) in [5.41, 5.74) is 13.1. The molecular formula is C50H30O2. The normalized spacial score (nSPS) is 11.8. The van der Waals surface area contributed by atoms with Crippen LogP contribution >= 0.6 is 0 Å². The maximum Gasteiger partial charge on any atom is 0.136 e. The van der Waals surface area contributed by atoms with Gasteiger partial charge in [-0.15, -0.1) is 0 Å². The molecule has 11 aromatic rings. The predicted octanol–water partition coefficient (Wildman–Crippen LogP) is 14.5. The molecular weight excluding hydrogens is 633 g/mol. The lowest BCUT2D eigenvalue weighted by Crippen LogP contribution is -1.91. The summed E-state index contributed by atoms with van der Waals surface area (Å²) in [6.45, 7) is 0.